The summed E-state index contributed by atoms with van der Waals surface area (Å²) in [4.78, 5) is 34.8. The highest BCUT2D eigenvalue weighted by Gasteiger charge is 2.32. The predicted octanol–water partition coefficient (Wildman–Crippen LogP) is 2.26. The largest absolute Gasteiger partial charge is 0.456 e. The van der Waals surface area contributed by atoms with E-state index in [9.17, 15) is 9.59 Å². The Bertz CT molecular complexity index is 691. The van der Waals surface area contributed by atoms with E-state index in [4.69, 9.17) is 4.74 Å². The zero-order valence-corrected chi connectivity index (χ0v) is 13.3. The first-order valence-electron chi connectivity index (χ1n) is 8.04. The predicted molar refractivity (Wildman–Crippen MR) is 88.7 cm³/mol. The zero-order chi connectivity index (χ0) is 16.8. The zero-order valence-electron chi connectivity index (χ0n) is 13.3. The summed E-state index contributed by atoms with van der Waals surface area (Å²) in [6.45, 7) is 0.458. The van der Waals surface area contributed by atoms with E-state index in [1.807, 2.05) is 11.0 Å². The Morgan fingerprint density at radius 1 is 1.08 bits per heavy atom. The van der Waals surface area contributed by atoms with Crippen LogP contribution < -0.4 is 4.90 Å². The molecule has 1 saturated heterocycles. The van der Waals surface area contributed by atoms with E-state index in [1.165, 1.54) is 0 Å². The number of ketones is 1. The van der Waals surface area contributed by atoms with Crippen LogP contribution in [0, 0.1) is 0 Å². The second kappa shape index (κ2) is 7.68. The molecule has 1 aliphatic rings. The SMILES string of the molecule is O=C(COC(=O)C1CCCCN1c1ncccn1)c1ccccc1. The summed E-state index contributed by atoms with van der Waals surface area (Å²) < 4.78 is 5.26. The molecule has 3 rings (SSSR count). The minimum absolute atomic E-state index is 0.206. The first-order valence-corrected chi connectivity index (χ1v) is 8.04. The molecule has 124 valence electrons. The number of nitrogens with zero attached hydrogens (tertiary/aromatic N) is 3. The summed E-state index contributed by atoms with van der Waals surface area (Å²) >= 11 is 0. The van der Waals surface area contributed by atoms with E-state index in [0.717, 1.165) is 12.8 Å². The summed E-state index contributed by atoms with van der Waals surface area (Å²) in [5.74, 6) is -0.0813. The van der Waals surface area contributed by atoms with Gasteiger partial charge in [-0.3, -0.25) is 4.79 Å². The summed E-state index contributed by atoms with van der Waals surface area (Å²) in [7, 11) is 0. The number of anilines is 1. The van der Waals surface area contributed by atoms with Gasteiger partial charge in [0.1, 0.15) is 6.04 Å². The molecule has 0 amide bonds. The van der Waals surface area contributed by atoms with Crippen LogP contribution >= 0.6 is 0 Å². The van der Waals surface area contributed by atoms with Crippen molar-refractivity contribution in [3.05, 3.63) is 54.4 Å². The average Bonchev–Trinajstić information content (AvgIpc) is 2.67. The van der Waals surface area contributed by atoms with E-state index in [0.29, 0.717) is 24.5 Å². The van der Waals surface area contributed by atoms with Gasteiger partial charge in [-0.2, -0.15) is 0 Å². The molecule has 2 heterocycles. The van der Waals surface area contributed by atoms with Gasteiger partial charge in [0.25, 0.3) is 0 Å². The van der Waals surface area contributed by atoms with Crippen LogP contribution in [0.3, 0.4) is 0 Å². The summed E-state index contributed by atoms with van der Waals surface area (Å²) in [6.07, 6.45) is 5.90. The molecule has 1 aromatic carbocycles. The van der Waals surface area contributed by atoms with Crippen LogP contribution in [0.25, 0.3) is 0 Å². The normalized spacial score (nSPS) is 17.3. The number of carbonyl (C=O) groups is 2. The molecule has 1 aromatic heterocycles. The molecule has 0 saturated carbocycles. The third kappa shape index (κ3) is 3.76. The number of aromatic nitrogens is 2. The lowest BCUT2D eigenvalue weighted by atomic mass is 10.0. The first-order chi connectivity index (χ1) is 11.8. The number of piperidine rings is 1. The standard InChI is InChI=1S/C18H19N3O3/c22-16(14-7-2-1-3-8-14)13-24-17(23)15-9-4-5-12-21(15)18-19-10-6-11-20-18/h1-3,6-8,10-11,15H,4-5,9,12-13H2. The van der Waals surface area contributed by atoms with E-state index in [2.05, 4.69) is 9.97 Å². The summed E-state index contributed by atoms with van der Waals surface area (Å²) in [6, 6.07) is 10.1. The maximum Gasteiger partial charge on any atom is 0.329 e. The fraction of sp³-hybridized carbons (Fsp3) is 0.333. The molecule has 6 nitrogen and oxygen atoms in total. The average molecular weight is 325 g/mol. The number of rotatable bonds is 5. The van der Waals surface area contributed by atoms with E-state index in [1.54, 1.807) is 42.7 Å². The molecule has 0 radical (unpaired) electrons. The quantitative estimate of drug-likeness (QED) is 0.620. The number of benzene rings is 1. The van der Waals surface area contributed by atoms with Gasteiger partial charge in [0.2, 0.25) is 5.95 Å². The molecule has 2 aromatic rings. The number of hydrogen-bond acceptors (Lipinski definition) is 6. The molecular weight excluding hydrogens is 306 g/mol. The topological polar surface area (TPSA) is 72.4 Å². The Balaban J connectivity index is 1.63. The molecule has 1 unspecified atom stereocenters. The lowest BCUT2D eigenvalue weighted by Crippen LogP contribution is -2.46. The van der Waals surface area contributed by atoms with Crippen LogP contribution in [0.4, 0.5) is 5.95 Å². The lowest BCUT2D eigenvalue weighted by molar-refractivity contribution is -0.144. The number of ether oxygens (including phenoxy) is 1. The smallest absolute Gasteiger partial charge is 0.329 e. The molecule has 6 heteroatoms. The minimum Gasteiger partial charge on any atom is -0.456 e. The fourth-order valence-electron chi connectivity index (χ4n) is 2.80. The highest BCUT2D eigenvalue weighted by Crippen LogP contribution is 2.22. The van der Waals surface area contributed by atoms with Gasteiger partial charge in [-0.05, 0) is 25.3 Å². The van der Waals surface area contributed by atoms with Crippen molar-refractivity contribution in [2.24, 2.45) is 0 Å². The highest BCUT2D eigenvalue weighted by atomic mass is 16.5. The number of esters is 1. The van der Waals surface area contributed by atoms with Crippen molar-refractivity contribution in [2.45, 2.75) is 25.3 Å². The van der Waals surface area contributed by atoms with Gasteiger partial charge in [-0.1, -0.05) is 30.3 Å². The van der Waals surface area contributed by atoms with E-state index >= 15 is 0 Å². The second-order valence-corrected chi connectivity index (χ2v) is 5.65. The molecule has 0 bridgehead atoms. The van der Waals surface area contributed by atoms with Crippen LogP contribution in [0.15, 0.2) is 48.8 Å². The van der Waals surface area contributed by atoms with Crippen LogP contribution in [-0.2, 0) is 9.53 Å². The van der Waals surface area contributed by atoms with Gasteiger partial charge < -0.3 is 9.64 Å². The third-order valence-corrected chi connectivity index (χ3v) is 4.03. The maximum absolute atomic E-state index is 12.4. The molecule has 0 aliphatic carbocycles. The molecule has 1 aliphatic heterocycles. The van der Waals surface area contributed by atoms with Gasteiger partial charge in [0.05, 0.1) is 0 Å². The van der Waals surface area contributed by atoms with Gasteiger partial charge in [-0.25, -0.2) is 14.8 Å². The lowest BCUT2D eigenvalue weighted by Gasteiger charge is -2.33. The van der Waals surface area contributed by atoms with Gasteiger partial charge in [0.15, 0.2) is 12.4 Å². The molecular formula is C18H19N3O3. The van der Waals surface area contributed by atoms with Crippen LogP contribution in [0.1, 0.15) is 29.6 Å². The molecule has 1 atom stereocenters. The number of Topliss-reactive ketones (excluding diaryl/α,β-unsaturated/α-hetero) is 1. The van der Waals surface area contributed by atoms with Gasteiger partial charge in [0, 0.05) is 24.5 Å². The van der Waals surface area contributed by atoms with Crippen molar-refractivity contribution in [3.8, 4) is 0 Å². The number of hydrogen-bond donors (Lipinski definition) is 0. The Morgan fingerprint density at radius 3 is 2.58 bits per heavy atom. The van der Waals surface area contributed by atoms with Crippen molar-refractivity contribution >= 4 is 17.7 Å². The molecule has 0 spiro atoms. The van der Waals surface area contributed by atoms with E-state index < -0.39 is 12.0 Å². The van der Waals surface area contributed by atoms with Crippen molar-refractivity contribution < 1.29 is 14.3 Å². The number of carbonyl (C=O) groups excluding carboxylic acids is 2. The van der Waals surface area contributed by atoms with Crippen LogP contribution in [0.5, 0.6) is 0 Å². The summed E-state index contributed by atoms with van der Waals surface area (Å²) in [5, 5.41) is 0. The Kier molecular flexibility index (Phi) is 5.15. The van der Waals surface area contributed by atoms with Crippen molar-refractivity contribution in [1.82, 2.24) is 9.97 Å². The second-order valence-electron chi connectivity index (χ2n) is 5.65. The van der Waals surface area contributed by atoms with Crippen molar-refractivity contribution in [3.63, 3.8) is 0 Å². The maximum atomic E-state index is 12.4. The Hall–Kier alpha value is -2.76. The van der Waals surface area contributed by atoms with Crippen molar-refractivity contribution in [2.75, 3.05) is 18.1 Å². The first kappa shape index (κ1) is 16.1. The third-order valence-electron chi connectivity index (χ3n) is 4.03. The van der Waals surface area contributed by atoms with Crippen LogP contribution in [0.2, 0.25) is 0 Å². The molecule has 0 N–H and O–H groups in total. The minimum atomic E-state index is -0.440. The van der Waals surface area contributed by atoms with Crippen LogP contribution in [-0.4, -0.2) is 40.9 Å². The Morgan fingerprint density at radius 2 is 1.83 bits per heavy atom. The van der Waals surface area contributed by atoms with Gasteiger partial charge >= 0.3 is 5.97 Å². The highest BCUT2D eigenvalue weighted by molar-refractivity contribution is 5.98. The molecule has 1 fully saturated rings. The van der Waals surface area contributed by atoms with Gasteiger partial charge in [-0.15, -0.1) is 0 Å². The molecule has 24 heavy (non-hydrogen) atoms. The van der Waals surface area contributed by atoms with Crippen molar-refractivity contribution in [1.29, 1.82) is 0 Å². The fourth-order valence-corrected chi connectivity index (χ4v) is 2.80. The monoisotopic (exact) mass is 325 g/mol. The summed E-state index contributed by atoms with van der Waals surface area (Å²) in [5.41, 5.74) is 0.539. The van der Waals surface area contributed by atoms with E-state index in [-0.39, 0.29) is 12.4 Å². The Labute approximate surface area is 140 Å².